The number of urea groups is 1. The number of esters is 1. The average molecular weight is 422 g/mol. The highest BCUT2D eigenvalue weighted by molar-refractivity contribution is 6.31. The Morgan fingerprint density at radius 1 is 1.06 bits per heavy atom. The zero-order chi connectivity index (χ0) is 22.0. The van der Waals surface area contributed by atoms with Crippen LogP contribution in [0.2, 0.25) is 0 Å². The molecule has 8 nitrogen and oxygen atoms in total. The molecule has 4 amide bonds. The summed E-state index contributed by atoms with van der Waals surface area (Å²) in [7, 11) is 1.31. The summed E-state index contributed by atoms with van der Waals surface area (Å²) in [5.74, 6) is -0.950. The Kier molecular flexibility index (Phi) is 5.70. The van der Waals surface area contributed by atoms with Crippen LogP contribution in [0.5, 0.6) is 0 Å². The molecule has 2 aliphatic rings. The van der Waals surface area contributed by atoms with Crippen molar-refractivity contribution in [3.05, 3.63) is 53.3 Å². The topological polar surface area (TPSA) is 106 Å². The molecule has 0 atom stereocenters. The number of imide groups is 2. The maximum absolute atomic E-state index is 12.9. The molecule has 1 aliphatic carbocycles. The molecule has 1 aromatic carbocycles. The van der Waals surface area contributed by atoms with Gasteiger partial charge < -0.3 is 9.15 Å². The molecule has 0 bridgehead atoms. The largest absolute Gasteiger partial charge is 0.465 e. The lowest BCUT2D eigenvalue weighted by atomic mass is 9.93. The van der Waals surface area contributed by atoms with Crippen molar-refractivity contribution in [1.82, 2.24) is 10.2 Å². The van der Waals surface area contributed by atoms with Crippen LogP contribution in [0.25, 0.3) is 17.4 Å². The zero-order valence-electron chi connectivity index (χ0n) is 17.1. The zero-order valence-corrected chi connectivity index (χ0v) is 17.1. The lowest BCUT2D eigenvalue weighted by Gasteiger charge is -2.35. The second-order valence-electron chi connectivity index (χ2n) is 7.56. The maximum Gasteiger partial charge on any atom is 0.337 e. The summed E-state index contributed by atoms with van der Waals surface area (Å²) in [4.78, 5) is 50.3. The van der Waals surface area contributed by atoms with Gasteiger partial charge in [-0.3, -0.25) is 19.8 Å². The number of hydrogen-bond donors (Lipinski definition) is 1. The van der Waals surface area contributed by atoms with E-state index in [1.165, 1.54) is 18.1 Å². The standard InChI is InChI=1S/C23H22N2O6/c1-30-22(28)15-9-7-14(8-10-15)19-12-11-17(31-19)13-18-20(26)24-23(29)25(21(18)27)16-5-3-2-4-6-16/h7-13,16H,2-6H2,1H3,(H,24,26,29). The molecule has 2 heterocycles. The Bertz CT molecular complexity index is 1060. The van der Waals surface area contributed by atoms with Crippen LogP contribution in [-0.4, -0.2) is 41.9 Å². The van der Waals surface area contributed by atoms with Crippen molar-refractivity contribution < 1.29 is 28.3 Å². The number of carbonyl (C=O) groups excluding carboxylic acids is 4. The molecule has 0 unspecified atom stereocenters. The number of barbiturate groups is 1. The van der Waals surface area contributed by atoms with E-state index in [1.54, 1.807) is 36.4 Å². The molecule has 4 rings (SSSR count). The molecule has 2 aromatic rings. The van der Waals surface area contributed by atoms with Crippen molar-refractivity contribution in [1.29, 1.82) is 0 Å². The van der Waals surface area contributed by atoms with Crippen molar-refractivity contribution in [3.8, 4) is 11.3 Å². The number of hydrogen-bond acceptors (Lipinski definition) is 6. The number of methoxy groups -OCH3 is 1. The molecule has 0 radical (unpaired) electrons. The molecule has 1 aliphatic heterocycles. The van der Waals surface area contributed by atoms with Gasteiger partial charge >= 0.3 is 12.0 Å². The molecular formula is C23H22N2O6. The van der Waals surface area contributed by atoms with Gasteiger partial charge in [0.25, 0.3) is 11.8 Å². The van der Waals surface area contributed by atoms with Crippen molar-refractivity contribution >= 4 is 29.9 Å². The quantitative estimate of drug-likeness (QED) is 0.459. The third-order valence-corrected chi connectivity index (χ3v) is 5.58. The van der Waals surface area contributed by atoms with E-state index in [2.05, 4.69) is 10.1 Å². The van der Waals surface area contributed by atoms with Gasteiger partial charge in [0, 0.05) is 11.6 Å². The predicted molar refractivity (Wildman–Crippen MR) is 111 cm³/mol. The van der Waals surface area contributed by atoms with Gasteiger partial charge in [0.05, 0.1) is 12.7 Å². The fourth-order valence-electron chi connectivity index (χ4n) is 3.96. The number of carbonyl (C=O) groups is 4. The minimum atomic E-state index is -0.734. The molecular weight excluding hydrogens is 400 g/mol. The molecule has 2 fully saturated rings. The fourth-order valence-corrected chi connectivity index (χ4v) is 3.96. The van der Waals surface area contributed by atoms with Crippen molar-refractivity contribution in [2.24, 2.45) is 0 Å². The number of furan rings is 1. The molecule has 8 heteroatoms. The van der Waals surface area contributed by atoms with Crippen molar-refractivity contribution in [2.45, 2.75) is 38.1 Å². The summed E-state index contributed by atoms with van der Waals surface area (Å²) in [5, 5.41) is 2.26. The number of benzene rings is 1. The highest BCUT2D eigenvalue weighted by atomic mass is 16.5. The summed E-state index contributed by atoms with van der Waals surface area (Å²) in [6, 6.07) is 9.14. The molecule has 1 N–H and O–H groups in total. The third kappa shape index (κ3) is 4.14. The van der Waals surface area contributed by atoms with E-state index in [1.807, 2.05) is 0 Å². The number of ether oxygens (including phenoxy) is 1. The summed E-state index contributed by atoms with van der Waals surface area (Å²) in [6.07, 6.45) is 5.82. The minimum Gasteiger partial charge on any atom is -0.465 e. The van der Waals surface area contributed by atoms with Gasteiger partial charge in [-0.05, 0) is 43.2 Å². The lowest BCUT2D eigenvalue weighted by molar-refractivity contribution is -0.132. The summed E-state index contributed by atoms with van der Waals surface area (Å²) >= 11 is 0. The molecule has 1 aromatic heterocycles. The predicted octanol–water partition coefficient (Wildman–Crippen LogP) is 3.53. The lowest BCUT2D eigenvalue weighted by Crippen LogP contribution is -2.58. The van der Waals surface area contributed by atoms with Crippen LogP contribution >= 0.6 is 0 Å². The van der Waals surface area contributed by atoms with E-state index in [-0.39, 0.29) is 11.6 Å². The Balaban J connectivity index is 1.57. The van der Waals surface area contributed by atoms with Gasteiger partial charge in [-0.1, -0.05) is 31.4 Å². The fraction of sp³-hybridized carbons (Fsp3) is 0.304. The van der Waals surface area contributed by atoms with Crippen LogP contribution in [0.1, 0.15) is 48.2 Å². The number of nitrogens with one attached hydrogen (secondary N) is 1. The second-order valence-corrected chi connectivity index (χ2v) is 7.56. The van der Waals surface area contributed by atoms with E-state index in [0.29, 0.717) is 17.1 Å². The van der Waals surface area contributed by atoms with E-state index >= 15 is 0 Å². The number of rotatable bonds is 4. The van der Waals surface area contributed by atoms with E-state index < -0.39 is 23.8 Å². The first-order chi connectivity index (χ1) is 15.0. The average Bonchev–Trinajstić information content (AvgIpc) is 3.25. The molecule has 1 saturated carbocycles. The first kappa shape index (κ1) is 20.6. The van der Waals surface area contributed by atoms with Crippen LogP contribution in [0.3, 0.4) is 0 Å². The molecule has 0 spiro atoms. The van der Waals surface area contributed by atoms with Crippen LogP contribution < -0.4 is 5.32 Å². The SMILES string of the molecule is COC(=O)c1ccc(-c2ccc(C=C3C(=O)NC(=O)N(C4CCCCC4)C3=O)o2)cc1. The monoisotopic (exact) mass is 422 g/mol. The molecule has 31 heavy (non-hydrogen) atoms. The number of nitrogens with zero attached hydrogens (tertiary/aromatic N) is 1. The minimum absolute atomic E-state index is 0.132. The Labute approximate surface area is 178 Å². The Hall–Kier alpha value is -3.68. The highest BCUT2D eigenvalue weighted by Crippen LogP contribution is 2.28. The smallest absolute Gasteiger partial charge is 0.337 e. The van der Waals surface area contributed by atoms with Crippen LogP contribution in [0.4, 0.5) is 4.79 Å². The summed E-state index contributed by atoms with van der Waals surface area (Å²) in [6.45, 7) is 0. The number of amides is 4. The Morgan fingerprint density at radius 3 is 2.45 bits per heavy atom. The Morgan fingerprint density at radius 2 is 1.77 bits per heavy atom. The van der Waals surface area contributed by atoms with E-state index in [0.717, 1.165) is 37.7 Å². The van der Waals surface area contributed by atoms with Crippen LogP contribution in [-0.2, 0) is 14.3 Å². The summed E-state index contributed by atoms with van der Waals surface area (Å²) in [5.41, 5.74) is 1.000. The van der Waals surface area contributed by atoms with Crippen LogP contribution in [0.15, 0.2) is 46.4 Å². The van der Waals surface area contributed by atoms with Crippen molar-refractivity contribution in [3.63, 3.8) is 0 Å². The maximum atomic E-state index is 12.9. The first-order valence-electron chi connectivity index (χ1n) is 10.2. The molecule has 160 valence electrons. The normalized spacial score (nSPS) is 18.9. The van der Waals surface area contributed by atoms with Crippen LogP contribution in [0, 0.1) is 0 Å². The third-order valence-electron chi connectivity index (χ3n) is 5.58. The van der Waals surface area contributed by atoms with Gasteiger partial charge in [0.1, 0.15) is 17.1 Å². The van der Waals surface area contributed by atoms with E-state index in [9.17, 15) is 19.2 Å². The van der Waals surface area contributed by atoms with E-state index in [4.69, 9.17) is 4.42 Å². The van der Waals surface area contributed by atoms with Gasteiger partial charge in [0.15, 0.2) is 0 Å². The first-order valence-corrected chi connectivity index (χ1v) is 10.2. The van der Waals surface area contributed by atoms with Gasteiger partial charge in [-0.2, -0.15) is 0 Å². The van der Waals surface area contributed by atoms with Gasteiger partial charge in [-0.25, -0.2) is 9.59 Å². The van der Waals surface area contributed by atoms with Gasteiger partial charge in [0.2, 0.25) is 0 Å². The van der Waals surface area contributed by atoms with Gasteiger partial charge in [-0.15, -0.1) is 0 Å². The van der Waals surface area contributed by atoms with Crippen molar-refractivity contribution in [2.75, 3.05) is 7.11 Å². The summed E-state index contributed by atoms with van der Waals surface area (Å²) < 4.78 is 10.5. The second kappa shape index (κ2) is 8.59. The highest BCUT2D eigenvalue weighted by Gasteiger charge is 2.40. The molecule has 1 saturated heterocycles.